The molecule has 0 radical (unpaired) electrons. The van der Waals surface area contributed by atoms with Crippen molar-refractivity contribution in [1.29, 1.82) is 5.41 Å². The van der Waals surface area contributed by atoms with Crippen molar-refractivity contribution in [3.8, 4) is 0 Å². The van der Waals surface area contributed by atoms with E-state index in [1.807, 2.05) is 30.3 Å². The molecule has 0 spiro atoms. The maximum absolute atomic E-state index is 10.0. The fourth-order valence-electron chi connectivity index (χ4n) is 1.92. The second kappa shape index (κ2) is 5.91. The van der Waals surface area contributed by atoms with Crippen LogP contribution in [0.25, 0.3) is 0 Å². The molecule has 92 valence electrons. The number of nitrogens with one attached hydrogen (secondary N) is 1. The molecule has 17 heavy (non-hydrogen) atoms. The number of rotatable bonds is 4. The van der Waals surface area contributed by atoms with E-state index in [9.17, 15) is 5.11 Å². The van der Waals surface area contributed by atoms with Gasteiger partial charge in [0.05, 0.1) is 18.9 Å². The topological polar surface area (TPSA) is 56.6 Å². The van der Waals surface area contributed by atoms with E-state index in [2.05, 4.69) is 4.90 Å². The lowest BCUT2D eigenvalue weighted by molar-refractivity contribution is 0.0440. The number of benzene rings is 1. The molecule has 0 saturated carbocycles. The van der Waals surface area contributed by atoms with Gasteiger partial charge in [-0.15, -0.1) is 0 Å². The maximum Gasteiger partial charge on any atom is 0.118 e. The highest BCUT2D eigenvalue weighted by molar-refractivity contribution is 5.88. The van der Waals surface area contributed by atoms with Crippen molar-refractivity contribution in [2.45, 2.75) is 6.10 Å². The van der Waals surface area contributed by atoms with E-state index < -0.39 is 6.10 Å². The molecule has 2 rings (SSSR count). The molecule has 1 aromatic rings. The normalized spacial score (nSPS) is 18.9. The highest BCUT2D eigenvalue weighted by Crippen LogP contribution is 2.14. The highest BCUT2D eigenvalue weighted by atomic mass is 16.5. The van der Waals surface area contributed by atoms with E-state index in [1.54, 1.807) is 0 Å². The van der Waals surface area contributed by atoms with Gasteiger partial charge in [0.2, 0.25) is 0 Å². The lowest BCUT2D eigenvalue weighted by atomic mass is 10.0. The third-order valence-corrected chi connectivity index (χ3v) is 2.94. The summed E-state index contributed by atoms with van der Waals surface area (Å²) in [5, 5.41) is 18.0. The molecule has 1 aliphatic heterocycles. The molecule has 1 unspecified atom stereocenters. The molecule has 0 aliphatic carbocycles. The minimum Gasteiger partial charge on any atom is -0.382 e. The van der Waals surface area contributed by atoms with Gasteiger partial charge < -0.3 is 15.3 Å². The number of aliphatic hydroxyl groups is 1. The Morgan fingerprint density at radius 2 is 1.94 bits per heavy atom. The molecule has 1 atom stereocenters. The van der Waals surface area contributed by atoms with E-state index in [-0.39, 0.29) is 0 Å². The fourth-order valence-corrected chi connectivity index (χ4v) is 1.92. The molecule has 1 saturated heterocycles. The second-order valence-electron chi connectivity index (χ2n) is 4.23. The first kappa shape index (κ1) is 12.2. The molecule has 4 heteroatoms. The van der Waals surface area contributed by atoms with Gasteiger partial charge in [-0.25, -0.2) is 0 Å². The first-order valence-corrected chi connectivity index (χ1v) is 5.88. The summed E-state index contributed by atoms with van der Waals surface area (Å²) in [5.74, 6) is 0. The number of morpholine rings is 1. The van der Waals surface area contributed by atoms with Crippen LogP contribution >= 0.6 is 0 Å². The Balaban J connectivity index is 1.91. The predicted octanol–water partition coefficient (Wildman–Crippen LogP) is 1.07. The Bertz CT molecular complexity index is 361. The molecule has 0 bridgehead atoms. The van der Waals surface area contributed by atoms with Crippen LogP contribution in [-0.4, -0.2) is 48.6 Å². The summed E-state index contributed by atoms with van der Waals surface area (Å²) >= 11 is 0. The lowest BCUT2D eigenvalue weighted by Crippen LogP contribution is -2.40. The van der Waals surface area contributed by atoms with E-state index >= 15 is 0 Å². The predicted molar refractivity (Wildman–Crippen MR) is 66.4 cm³/mol. The summed E-state index contributed by atoms with van der Waals surface area (Å²) in [6.07, 6.45) is -0.793. The third-order valence-electron chi connectivity index (χ3n) is 2.94. The van der Waals surface area contributed by atoms with Crippen LogP contribution in [-0.2, 0) is 4.74 Å². The number of nitrogens with zero attached hydrogens (tertiary/aromatic N) is 1. The summed E-state index contributed by atoms with van der Waals surface area (Å²) in [4.78, 5) is 2.14. The first-order chi connectivity index (χ1) is 8.27. The standard InChI is InChI=1S/C13H18N2O2/c14-12(10-15-6-8-17-9-7-15)13(16)11-4-2-1-3-5-11/h1-5,13-14,16H,6-10H2. The van der Waals surface area contributed by atoms with Gasteiger partial charge in [-0.2, -0.15) is 0 Å². The van der Waals surface area contributed by atoms with Crippen molar-refractivity contribution in [3.63, 3.8) is 0 Å². The van der Waals surface area contributed by atoms with Crippen molar-refractivity contribution in [2.75, 3.05) is 32.8 Å². The summed E-state index contributed by atoms with van der Waals surface area (Å²) < 4.78 is 5.25. The zero-order chi connectivity index (χ0) is 12.1. The molecule has 1 aromatic carbocycles. The van der Waals surface area contributed by atoms with Crippen LogP contribution < -0.4 is 0 Å². The van der Waals surface area contributed by atoms with Crippen molar-refractivity contribution in [2.24, 2.45) is 0 Å². The van der Waals surface area contributed by atoms with Crippen molar-refractivity contribution >= 4 is 5.71 Å². The minimum atomic E-state index is -0.793. The van der Waals surface area contributed by atoms with E-state index in [1.165, 1.54) is 0 Å². The molecule has 0 amide bonds. The Morgan fingerprint density at radius 1 is 1.29 bits per heavy atom. The zero-order valence-corrected chi connectivity index (χ0v) is 9.80. The number of hydrogen-bond acceptors (Lipinski definition) is 4. The highest BCUT2D eigenvalue weighted by Gasteiger charge is 2.18. The van der Waals surface area contributed by atoms with Gasteiger partial charge in [0.25, 0.3) is 0 Å². The van der Waals surface area contributed by atoms with Crippen LogP contribution in [0.1, 0.15) is 11.7 Å². The van der Waals surface area contributed by atoms with E-state index in [4.69, 9.17) is 10.1 Å². The maximum atomic E-state index is 10.0. The Kier molecular flexibility index (Phi) is 4.25. The van der Waals surface area contributed by atoms with Crippen LogP contribution in [0.4, 0.5) is 0 Å². The Hall–Kier alpha value is -1.23. The average molecular weight is 234 g/mol. The summed E-state index contributed by atoms with van der Waals surface area (Å²) in [5.41, 5.74) is 1.13. The van der Waals surface area contributed by atoms with Crippen LogP contribution in [0.2, 0.25) is 0 Å². The van der Waals surface area contributed by atoms with Crippen LogP contribution in [0.15, 0.2) is 30.3 Å². The van der Waals surface area contributed by atoms with Crippen LogP contribution in [0.5, 0.6) is 0 Å². The third kappa shape index (κ3) is 3.36. The van der Waals surface area contributed by atoms with Crippen LogP contribution in [0, 0.1) is 5.41 Å². The second-order valence-corrected chi connectivity index (χ2v) is 4.23. The van der Waals surface area contributed by atoms with Gasteiger partial charge in [-0.05, 0) is 5.56 Å². The van der Waals surface area contributed by atoms with E-state index in [0.29, 0.717) is 25.5 Å². The summed E-state index contributed by atoms with van der Waals surface area (Å²) in [6.45, 7) is 3.62. The smallest absolute Gasteiger partial charge is 0.118 e. The number of hydrogen-bond donors (Lipinski definition) is 2. The average Bonchev–Trinajstić information content (AvgIpc) is 2.40. The largest absolute Gasteiger partial charge is 0.382 e. The van der Waals surface area contributed by atoms with Gasteiger partial charge in [0.1, 0.15) is 6.10 Å². The number of ether oxygens (including phenoxy) is 1. The molecule has 2 N–H and O–H groups in total. The zero-order valence-electron chi connectivity index (χ0n) is 9.80. The molecule has 1 heterocycles. The summed E-state index contributed by atoms with van der Waals surface area (Å²) in [6, 6.07) is 9.35. The lowest BCUT2D eigenvalue weighted by Gasteiger charge is -2.27. The molecule has 0 aromatic heterocycles. The first-order valence-electron chi connectivity index (χ1n) is 5.88. The molecular formula is C13H18N2O2. The van der Waals surface area contributed by atoms with Crippen molar-refractivity contribution < 1.29 is 9.84 Å². The monoisotopic (exact) mass is 234 g/mol. The van der Waals surface area contributed by atoms with Crippen LogP contribution in [0.3, 0.4) is 0 Å². The molecule has 4 nitrogen and oxygen atoms in total. The fraction of sp³-hybridized carbons (Fsp3) is 0.462. The quantitative estimate of drug-likeness (QED) is 0.766. The number of aliphatic hydroxyl groups excluding tert-OH is 1. The molecule has 1 aliphatic rings. The Labute approximate surface area is 101 Å². The Morgan fingerprint density at radius 3 is 2.59 bits per heavy atom. The van der Waals surface area contributed by atoms with E-state index in [0.717, 1.165) is 18.7 Å². The molecular weight excluding hydrogens is 216 g/mol. The van der Waals surface area contributed by atoms with Crippen molar-refractivity contribution in [3.05, 3.63) is 35.9 Å². The van der Waals surface area contributed by atoms with Crippen molar-refractivity contribution in [1.82, 2.24) is 4.90 Å². The van der Waals surface area contributed by atoms with Gasteiger partial charge in [-0.1, -0.05) is 30.3 Å². The minimum absolute atomic E-state index is 0.345. The van der Waals surface area contributed by atoms with Gasteiger partial charge in [-0.3, -0.25) is 4.90 Å². The van der Waals surface area contributed by atoms with Gasteiger partial charge in [0.15, 0.2) is 0 Å². The summed E-state index contributed by atoms with van der Waals surface area (Å²) in [7, 11) is 0. The van der Waals surface area contributed by atoms with Gasteiger partial charge in [0, 0.05) is 19.6 Å². The SMILES string of the molecule is N=C(CN1CCOCC1)C(O)c1ccccc1. The molecule has 1 fully saturated rings. The van der Waals surface area contributed by atoms with Gasteiger partial charge >= 0.3 is 0 Å².